The average molecular weight is 234 g/mol. The number of aromatic nitrogens is 2. The molecule has 1 heterocycles. The van der Waals surface area contributed by atoms with Crippen LogP contribution in [0.4, 0.5) is 4.39 Å². The molecule has 0 atom stereocenters. The Labute approximate surface area is 97.3 Å². The number of carboxylic acid groups (broad SMARTS) is 1. The molecule has 0 bridgehead atoms. The van der Waals surface area contributed by atoms with Crippen LogP contribution in [-0.2, 0) is 6.54 Å². The predicted molar refractivity (Wildman–Crippen MR) is 59.4 cm³/mol. The van der Waals surface area contributed by atoms with Crippen molar-refractivity contribution in [2.45, 2.75) is 13.5 Å². The van der Waals surface area contributed by atoms with Crippen LogP contribution in [0.5, 0.6) is 0 Å². The maximum atomic E-state index is 13.2. The minimum atomic E-state index is -1.26. The van der Waals surface area contributed by atoms with Crippen LogP contribution in [0.25, 0.3) is 0 Å². The number of hydrogen-bond donors (Lipinski definition) is 1. The summed E-state index contributed by atoms with van der Waals surface area (Å²) < 4.78 is 14.8. The summed E-state index contributed by atoms with van der Waals surface area (Å²) in [5, 5.41) is 12.9. The fraction of sp³-hybridized carbons (Fsp3) is 0.167. The second-order valence-corrected chi connectivity index (χ2v) is 3.83. The number of rotatable bonds is 3. The van der Waals surface area contributed by atoms with Crippen molar-refractivity contribution >= 4 is 5.97 Å². The summed E-state index contributed by atoms with van der Waals surface area (Å²) >= 11 is 0. The maximum absolute atomic E-state index is 13.2. The van der Waals surface area contributed by atoms with Gasteiger partial charge in [-0.25, -0.2) is 9.18 Å². The molecule has 0 saturated heterocycles. The summed E-state index contributed by atoms with van der Waals surface area (Å²) in [5.74, 6) is -1.99. The molecule has 0 amide bonds. The molecule has 1 N–H and O–H groups in total. The van der Waals surface area contributed by atoms with E-state index in [4.69, 9.17) is 5.11 Å². The van der Waals surface area contributed by atoms with Crippen molar-refractivity contribution in [1.29, 1.82) is 0 Å². The third kappa shape index (κ3) is 2.50. The number of carboxylic acids is 1. The molecule has 0 fully saturated rings. The van der Waals surface area contributed by atoms with Crippen LogP contribution >= 0.6 is 0 Å². The number of carbonyl (C=O) groups is 1. The predicted octanol–water partition coefficient (Wildman–Crippen LogP) is 2.08. The van der Waals surface area contributed by atoms with Crippen LogP contribution in [0, 0.1) is 12.7 Å². The Hall–Kier alpha value is -2.17. The third-order valence-electron chi connectivity index (χ3n) is 2.37. The van der Waals surface area contributed by atoms with Gasteiger partial charge in [-0.15, -0.1) is 0 Å². The Kier molecular flexibility index (Phi) is 2.91. The van der Waals surface area contributed by atoms with Gasteiger partial charge in [0.1, 0.15) is 5.82 Å². The van der Waals surface area contributed by atoms with Gasteiger partial charge in [0, 0.05) is 6.20 Å². The number of aromatic carboxylic acids is 1. The Balaban J connectivity index is 2.28. The highest BCUT2D eigenvalue weighted by atomic mass is 19.1. The van der Waals surface area contributed by atoms with Crippen molar-refractivity contribution in [3.05, 3.63) is 53.1 Å². The molecule has 1 aromatic heterocycles. The van der Waals surface area contributed by atoms with Gasteiger partial charge in [0.15, 0.2) is 0 Å². The molecule has 0 radical (unpaired) electrons. The monoisotopic (exact) mass is 234 g/mol. The van der Waals surface area contributed by atoms with E-state index in [1.165, 1.54) is 6.07 Å². The third-order valence-corrected chi connectivity index (χ3v) is 2.37. The van der Waals surface area contributed by atoms with E-state index in [1.807, 2.05) is 13.1 Å². The molecule has 0 unspecified atom stereocenters. The molecule has 17 heavy (non-hydrogen) atoms. The van der Waals surface area contributed by atoms with Crippen LogP contribution in [0.1, 0.15) is 21.5 Å². The molecule has 4 nitrogen and oxygen atoms in total. The van der Waals surface area contributed by atoms with Crippen LogP contribution in [-0.4, -0.2) is 20.9 Å². The van der Waals surface area contributed by atoms with E-state index in [0.717, 1.165) is 11.6 Å². The Bertz CT molecular complexity index is 563. The Morgan fingerprint density at radius 1 is 1.53 bits per heavy atom. The highest BCUT2D eigenvalue weighted by Gasteiger charge is 2.10. The minimum absolute atomic E-state index is 0.314. The summed E-state index contributed by atoms with van der Waals surface area (Å²) in [6.45, 7) is 2.34. The van der Waals surface area contributed by atoms with Gasteiger partial charge in [0.25, 0.3) is 0 Å². The van der Waals surface area contributed by atoms with Crippen molar-refractivity contribution in [2.24, 2.45) is 0 Å². The zero-order valence-corrected chi connectivity index (χ0v) is 9.22. The molecule has 0 spiro atoms. The van der Waals surface area contributed by atoms with E-state index >= 15 is 0 Å². The molecule has 2 aromatic rings. The quantitative estimate of drug-likeness (QED) is 0.884. The molecule has 1 aromatic carbocycles. The fourth-order valence-electron chi connectivity index (χ4n) is 1.58. The summed E-state index contributed by atoms with van der Waals surface area (Å²) in [7, 11) is 0. The molecular formula is C12H11FN2O2. The first kappa shape index (κ1) is 11.3. The zero-order valence-electron chi connectivity index (χ0n) is 9.22. The van der Waals surface area contributed by atoms with Gasteiger partial charge in [-0.05, 0) is 30.2 Å². The second-order valence-electron chi connectivity index (χ2n) is 3.83. The van der Waals surface area contributed by atoms with Gasteiger partial charge in [-0.3, -0.25) is 4.68 Å². The number of hydrogen-bond acceptors (Lipinski definition) is 2. The second kappa shape index (κ2) is 4.37. The van der Waals surface area contributed by atoms with Crippen molar-refractivity contribution in [3.63, 3.8) is 0 Å². The average Bonchev–Trinajstić information content (AvgIpc) is 2.66. The van der Waals surface area contributed by atoms with Crippen LogP contribution in [0.2, 0.25) is 0 Å². The van der Waals surface area contributed by atoms with Crippen molar-refractivity contribution in [2.75, 3.05) is 0 Å². The number of benzene rings is 1. The standard InChI is InChI=1S/C12H11FN2O2/c1-8-5-14-15(6-8)7-9-2-3-11(13)10(4-9)12(16)17/h2-6H,7H2,1H3,(H,16,17). The van der Waals surface area contributed by atoms with E-state index in [-0.39, 0.29) is 5.56 Å². The number of nitrogens with zero attached hydrogens (tertiary/aromatic N) is 2. The number of aryl methyl sites for hydroxylation is 1. The largest absolute Gasteiger partial charge is 0.478 e. The van der Waals surface area contributed by atoms with Crippen LogP contribution in [0.15, 0.2) is 30.6 Å². The summed E-state index contributed by atoms with van der Waals surface area (Å²) in [6, 6.07) is 4.04. The van der Waals surface area contributed by atoms with Gasteiger partial charge in [0.2, 0.25) is 0 Å². The summed E-state index contributed by atoms with van der Waals surface area (Å²) in [4.78, 5) is 10.8. The van der Waals surface area contributed by atoms with Crippen molar-refractivity contribution in [3.8, 4) is 0 Å². The lowest BCUT2D eigenvalue weighted by molar-refractivity contribution is 0.0691. The number of halogens is 1. The van der Waals surface area contributed by atoms with E-state index in [9.17, 15) is 9.18 Å². The van der Waals surface area contributed by atoms with Gasteiger partial charge >= 0.3 is 5.97 Å². The minimum Gasteiger partial charge on any atom is -0.478 e. The summed E-state index contributed by atoms with van der Waals surface area (Å²) in [6.07, 6.45) is 3.55. The molecule has 2 rings (SSSR count). The maximum Gasteiger partial charge on any atom is 0.338 e. The highest BCUT2D eigenvalue weighted by molar-refractivity contribution is 5.88. The van der Waals surface area contributed by atoms with Gasteiger partial charge in [-0.2, -0.15) is 5.10 Å². The van der Waals surface area contributed by atoms with Gasteiger partial charge in [0.05, 0.1) is 18.3 Å². The lowest BCUT2D eigenvalue weighted by Crippen LogP contribution is -2.05. The molecule has 5 heteroatoms. The highest BCUT2D eigenvalue weighted by Crippen LogP contribution is 2.12. The Morgan fingerprint density at radius 2 is 2.29 bits per heavy atom. The topological polar surface area (TPSA) is 55.1 Å². The molecular weight excluding hydrogens is 223 g/mol. The normalized spacial score (nSPS) is 10.5. The molecule has 0 aliphatic carbocycles. The lowest BCUT2D eigenvalue weighted by atomic mass is 10.1. The first-order valence-electron chi connectivity index (χ1n) is 5.07. The molecule has 88 valence electrons. The molecule has 0 aliphatic heterocycles. The van der Waals surface area contributed by atoms with E-state index < -0.39 is 11.8 Å². The van der Waals surface area contributed by atoms with Gasteiger partial charge < -0.3 is 5.11 Å². The van der Waals surface area contributed by atoms with E-state index in [2.05, 4.69) is 5.10 Å². The van der Waals surface area contributed by atoms with Crippen LogP contribution < -0.4 is 0 Å². The molecule has 0 aliphatic rings. The van der Waals surface area contributed by atoms with E-state index in [0.29, 0.717) is 12.1 Å². The first-order chi connectivity index (χ1) is 8.06. The van der Waals surface area contributed by atoms with Crippen LogP contribution in [0.3, 0.4) is 0 Å². The lowest BCUT2D eigenvalue weighted by Gasteiger charge is -2.04. The van der Waals surface area contributed by atoms with Crippen molar-refractivity contribution in [1.82, 2.24) is 9.78 Å². The Morgan fingerprint density at radius 3 is 2.88 bits per heavy atom. The van der Waals surface area contributed by atoms with E-state index in [1.54, 1.807) is 16.9 Å². The molecule has 0 saturated carbocycles. The van der Waals surface area contributed by atoms with Crippen molar-refractivity contribution < 1.29 is 14.3 Å². The zero-order chi connectivity index (χ0) is 12.4. The first-order valence-corrected chi connectivity index (χ1v) is 5.07. The smallest absolute Gasteiger partial charge is 0.338 e. The summed E-state index contributed by atoms with van der Waals surface area (Å²) in [5.41, 5.74) is 1.41. The fourth-order valence-corrected chi connectivity index (χ4v) is 1.58. The SMILES string of the molecule is Cc1cnn(Cc2ccc(F)c(C(=O)O)c2)c1. The van der Waals surface area contributed by atoms with Gasteiger partial charge in [-0.1, -0.05) is 6.07 Å².